The monoisotopic (exact) mass is 219 g/mol. The van der Waals surface area contributed by atoms with Crippen LogP contribution in [0.3, 0.4) is 0 Å². The number of nitrogens with two attached hydrogens (primary N) is 1. The van der Waals surface area contributed by atoms with Gasteiger partial charge in [-0.25, -0.2) is 4.79 Å². The highest BCUT2D eigenvalue weighted by Crippen LogP contribution is 1.99. The van der Waals surface area contributed by atoms with Gasteiger partial charge in [0.15, 0.2) is 0 Å². The van der Waals surface area contributed by atoms with Crippen molar-refractivity contribution in [2.45, 2.75) is 6.92 Å². The maximum Gasteiger partial charge on any atom is 0.332 e. The van der Waals surface area contributed by atoms with E-state index in [1.165, 1.54) is 6.08 Å². The maximum absolute atomic E-state index is 10.9. The molecule has 0 radical (unpaired) electrons. The Hall–Kier alpha value is -0.680. The number of hydrogen-bond acceptors (Lipinski definition) is 5. The molecule has 0 amide bonds. The number of esters is 1. The SMILES string of the molecule is COCCSCCOC(=O)/C=C(/C)N. The van der Waals surface area contributed by atoms with E-state index in [-0.39, 0.29) is 5.97 Å². The van der Waals surface area contributed by atoms with Crippen LogP contribution in [-0.2, 0) is 14.3 Å². The van der Waals surface area contributed by atoms with E-state index in [0.29, 0.717) is 12.3 Å². The van der Waals surface area contributed by atoms with Gasteiger partial charge in [0.1, 0.15) is 6.61 Å². The first kappa shape index (κ1) is 13.3. The Labute approximate surface area is 88.8 Å². The van der Waals surface area contributed by atoms with Crippen LogP contribution in [0.5, 0.6) is 0 Å². The summed E-state index contributed by atoms with van der Waals surface area (Å²) in [5.74, 6) is 1.32. The van der Waals surface area contributed by atoms with Crippen LogP contribution >= 0.6 is 11.8 Å². The number of ether oxygens (including phenoxy) is 2. The Kier molecular flexibility index (Phi) is 8.47. The second-order valence-electron chi connectivity index (χ2n) is 2.66. The van der Waals surface area contributed by atoms with Crippen LogP contribution < -0.4 is 5.73 Å². The summed E-state index contributed by atoms with van der Waals surface area (Å²) in [5, 5.41) is 0. The molecule has 0 aromatic heterocycles. The maximum atomic E-state index is 10.9. The van der Waals surface area contributed by atoms with Crippen LogP contribution in [0.25, 0.3) is 0 Å². The van der Waals surface area contributed by atoms with Crippen LogP contribution in [0.4, 0.5) is 0 Å². The number of hydrogen-bond donors (Lipinski definition) is 1. The van der Waals surface area contributed by atoms with Gasteiger partial charge in [-0.2, -0.15) is 11.8 Å². The van der Waals surface area contributed by atoms with Gasteiger partial charge in [-0.15, -0.1) is 0 Å². The van der Waals surface area contributed by atoms with Gasteiger partial charge < -0.3 is 15.2 Å². The lowest BCUT2D eigenvalue weighted by Crippen LogP contribution is -2.07. The minimum absolute atomic E-state index is 0.377. The Morgan fingerprint density at radius 2 is 2.07 bits per heavy atom. The zero-order chi connectivity index (χ0) is 10.8. The summed E-state index contributed by atoms with van der Waals surface area (Å²) in [4.78, 5) is 10.9. The zero-order valence-electron chi connectivity index (χ0n) is 8.62. The molecule has 4 nitrogen and oxygen atoms in total. The molecule has 14 heavy (non-hydrogen) atoms. The fourth-order valence-electron chi connectivity index (χ4n) is 0.673. The lowest BCUT2D eigenvalue weighted by Gasteiger charge is -2.02. The minimum Gasteiger partial charge on any atom is -0.462 e. The molecule has 82 valence electrons. The summed E-state index contributed by atoms with van der Waals surface area (Å²) in [7, 11) is 1.66. The molecule has 0 fully saturated rings. The highest BCUT2D eigenvalue weighted by atomic mass is 32.2. The van der Waals surface area contributed by atoms with Gasteiger partial charge in [0.05, 0.1) is 6.61 Å². The van der Waals surface area contributed by atoms with E-state index in [0.717, 1.165) is 18.1 Å². The predicted octanol–water partition coefficient (Wildman–Crippen LogP) is 0.772. The van der Waals surface area contributed by atoms with Crippen LogP contribution in [0.2, 0.25) is 0 Å². The third-order valence-corrected chi connectivity index (χ3v) is 2.16. The van der Waals surface area contributed by atoms with Gasteiger partial charge in [-0.05, 0) is 6.92 Å². The highest BCUT2D eigenvalue weighted by Gasteiger charge is 1.97. The quantitative estimate of drug-likeness (QED) is 0.389. The molecule has 5 heteroatoms. The minimum atomic E-state index is -0.377. The molecule has 0 aliphatic rings. The normalized spacial score (nSPS) is 11.4. The molecule has 0 aromatic rings. The van der Waals surface area contributed by atoms with Crippen molar-refractivity contribution in [3.8, 4) is 0 Å². The molecule has 0 unspecified atom stereocenters. The Morgan fingerprint density at radius 1 is 1.43 bits per heavy atom. The lowest BCUT2D eigenvalue weighted by molar-refractivity contribution is -0.137. The number of rotatable bonds is 7. The first-order chi connectivity index (χ1) is 6.66. The summed E-state index contributed by atoms with van der Waals surface area (Å²) in [5.41, 5.74) is 5.76. The van der Waals surface area contributed by atoms with Gasteiger partial charge in [0.25, 0.3) is 0 Å². The molecule has 0 bridgehead atoms. The molecule has 0 aliphatic carbocycles. The summed E-state index contributed by atoms with van der Waals surface area (Å²) < 4.78 is 9.74. The molecular weight excluding hydrogens is 202 g/mol. The van der Waals surface area contributed by atoms with E-state index in [2.05, 4.69) is 0 Å². The van der Waals surface area contributed by atoms with E-state index >= 15 is 0 Å². The van der Waals surface area contributed by atoms with E-state index < -0.39 is 0 Å². The number of allylic oxidation sites excluding steroid dienone is 1. The predicted molar refractivity (Wildman–Crippen MR) is 58.1 cm³/mol. The molecule has 0 rings (SSSR count). The molecule has 0 aromatic carbocycles. The van der Waals surface area contributed by atoms with Crippen molar-refractivity contribution in [2.24, 2.45) is 5.73 Å². The molecular formula is C9H17NO3S. The Morgan fingerprint density at radius 3 is 2.64 bits per heavy atom. The average molecular weight is 219 g/mol. The Bertz CT molecular complexity index is 190. The van der Waals surface area contributed by atoms with Crippen molar-refractivity contribution >= 4 is 17.7 Å². The highest BCUT2D eigenvalue weighted by molar-refractivity contribution is 7.99. The fraction of sp³-hybridized carbons (Fsp3) is 0.667. The molecule has 2 N–H and O–H groups in total. The second kappa shape index (κ2) is 8.90. The lowest BCUT2D eigenvalue weighted by atomic mass is 10.4. The van der Waals surface area contributed by atoms with Gasteiger partial charge in [0, 0.05) is 30.4 Å². The first-order valence-corrected chi connectivity index (χ1v) is 5.49. The number of carbonyl (C=O) groups excluding carboxylic acids is 1. The van der Waals surface area contributed by atoms with E-state index in [1.807, 2.05) is 0 Å². The summed E-state index contributed by atoms with van der Waals surface area (Å²) in [6, 6.07) is 0. The van der Waals surface area contributed by atoms with E-state index in [1.54, 1.807) is 25.8 Å². The number of thioether (sulfide) groups is 1. The molecule has 0 atom stereocenters. The summed E-state index contributed by atoms with van der Waals surface area (Å²) in [6.07, 6.45) is 1.28. The zero-order valence-corrected chi connectivity index (χ0v) is 9.43. The van der Waals surface area contributed by atoms with Gasteiger partial charge in [0.2, 0.25) is 0 Å². The first-order valence-electron chi connectivity index (χ1n) is 4.34. The molecule has 0 heterocycles. The fourth-order valence-corrected chi connectivity index (χ4v) is 1.36. The number of carbonyl (C=O) groups is 1. The third-order valence-electron chi connectivity index (χ3n) is 1.25. The van der Waals surface area contributed by atoms with Crippen molar-refractivity contribution < 1.29 is 14.3 Å². The number of methoxy groups -OCH3 is 1. The van der Waals surface area contributed by atoms with Crippen molar-refractivity contribution in [2.75, 3.05) is 31.8 Å². The van der Waals surface area contributed by atoms with Gasteiger partial charge in [-0.1, -0.05) is 0 Å². The van der Waals surface area contributed by atoms with Crippen molar-refractivity contribution in [1.82, 2.24) is 0 Å². The molecule has 0 saturated heterocycles. The average Bonchev–Trinajstić information content (AvgIpc) is 2.10. The largest absolute Gasteiger partial charge is 0.462 e. The van der Waals surface area contributed by atoms with Gasteiger partial charge >= 0.3 is 5.97 Å². The van der Waals surface area contributed by atoms with E-state index in [4.69, 9.17) is 15.2 Å². The summed E-state index contributed by atoms with van der Waals surface area (Å²) >= 11 is 1.68. The topological polar surface area (TPSA) is 61.5 Å². The Balaban J connectivity index is 3.28. The van der Waals surface area contributed by atoms with Crippen molar-refractivity contribution in [1.29, 1.82) is 0 Å². The molecule has 0 aliphatic heterocycles. The van der Waals surface area contributed by atoms with Crippen molar-refractivity contribution in [3.05, 3.63) is 11.8 Å². The second-order valence-corrected chi connectivity index (χ2v) is 3.89. The van der Waals surface area contributed by atoms with E-state index in [9.17, 15) is 4.79 Å². The van der Waals surface area contributed by atoms with Crippen LogP contribution in [0, 0.1) is 0 Å². The van der Waals surface area contributed by atoms with Crippen LogP contribution in [-0.4, -0.2) is 37.8 Å². The molecule has 0 saturated carbocycles. The smallest absolute Gasteiger partial charge is 0.332 e. The van der Waals surface area contributed by atoms with Crippen LogP contribution in [0.15, 0.2) is 11.8 Å². The third kappa shape index (κ3) is 9.41. The van der Waals surface area contributed by atoms with Crippen LogP contribution in [0.1, 0.15) is 6.92 Å². The van der Waals surface area contributed by atoms with Crippen molar-refractivity contribution in [3.63, 3.8) is 0 Å². The molecule has 0 spiro atoms. The van der Waals surface area contributed by atoms with Gasteiger partial charge in [-0.3, -0.25) is 0 Å². The standard InChI is InChI=1S/C9H17NO3S/c1-8(10)7-9(11)13-4-6-14-5-3-12-2/h7H,3-6,10H2,1-2H3/b8-7-. The summed E-state index contributed by atoms with van der Waals surface area (Å²) in [6.45, 7) is 2.78.